The first-order chi connectivity index (χ1) is 9.20. The van der Waals surface area contributed by atoms with Gasteiger partial charge in [-0.05, 0) is 26.0 Å². The third-order valence-electron chi connectivity index (χ3n) is 4.67. The molecular weight excluding hydrogens is 232 g/mol. The molecule has 0 unspecified atom stereocenters. The van der Waals surface area contributed by atoms with Gasteiger partial charge in [0.25, 0.3) is 0 Å². The van der Waals surface area contributed by atoms with Crippen molar-refractivity contribution in [2.75, 3.05) is 7.05 Å². The number of hydrogen-bond acceptors (Lipinski definition) is 2. The molecule has 0 aromatic heterocycles. The molecule has 1 aliphatic heterocycles. The molecule has 1 fully saturated rings. The average Bonchev–Trinajstić information content (AvgIpc) is 2.69. The van der Waals surface area contributed by atoms with Crippen LogP contribution in [0.15, 0.2) is 30.3 Å². The zero-order chi connectivity index (χ0) is 13.8. The summed E-state index contributed by atoms with van der Waals surface area (Å²) in [5, 5.41) is 9.63. The van der Waals surface area contributed by atoms with E-state index in [4.69, 9.17) is 0 Å². The topological polar surface area (TPSA) is 27.0 Å². The zero-order valence-corrected chi connectivity index (χ0v) is 12.2. The number of rotatable bonds is 4. The van der Waals surface area contributed by atoms with Crippen molar-refractivity contribution in [1.29, 1.82) is 5.26 Å². The Labute approximate surface area is 117 Å². The van der Waals surface area contributed by atoms with E-state index in [0.717, 1.165) is 6.42 Å². The van der Waals surface area contributed by atoms with E-state index < -0.39 is 0 Å². The third kappa shape index (κ3) is 2.67. The van der Waals surface area contributed by atoms with Crippen LogP contribution >= 0.6 is 0 Å². The van der Waals surface area contributed by atoms with Crippen LogP contribution in [0.4, 0.5) is 0 Å². The summed E-state index contributed by atoms with van der Waals surface area (Å²) in [6, 6.07) is 14.0. The largest absolute Gasteiger partial charge is 0.299 e. The Bertz CT molecular complexity index is 434. The first kappa shape index (κ1) is 14.1. The predicted octanol–water partition coefficient (Wildman–Crippen LogP) is 3.80. The molecule has 0 amide bonds. The van der Waals surface area contributed by atoms with Crippen LogP contribution in [0, 0.1) is 17.2 Å². The summed E-state index contributed by atoms with van der Waals surface area (Å²) in [5.74, 6) is 0.465. The fraction of sp³-hybridized carbons (Fsp3) is 0.588. The summed E-state index contributed by atoms with van der Waals surface area (Å²) in [4.78, 5) is 2.42. The summed E-state index contributed by atoms with van der Waals surface area (Å²) < 4.78 is 0. The Balaban J connectivity index is 2.26. The SMILES string of the molecule is CCCC[C@H]1[C@H](C#N)[C@@H](c2ccccc2)[C@H](C)N1C. The van der Waals surface area contributed by atoms with Crippen molar-refractivity contribution in [2.45, 2.75) is 51.1 Å². The number of benzene rings is 1. The molecule has 1 heterocycles. The van der Waals surface area contributed by atoms with E-state index in [-0.39, 0.29) is 5.92 Å². The van der Waals surface area contributed by atoms with Gasteiger partial charge >= 0.3 is 0 Å². The molecule has 2 rings (SSSR count). The summed E-state index contributed by atoms with van der Waals surface area (Å²) in [5.41, 5.74) is 1.31. The maximum atomic E-state index is 9.63. The van der Waals surface area contributed by atoms with Crippen molar-refractivity contribution in [3.05, 3.63) is 35.9 Å². The second kappa shape index (κ2) is 6.21. The van der Waals surface area contributed by atoms with Gasteiger partial charge in [0.05, 0.1) is 12.0 Å². The molecule has 0 N–H and O–H groups in total. The Morgan fingerprint density at radius 3 is 2.53 bits per heavy atom. The molecule has 102 valence electrons. The Hall–Kier alpha value is -1.33. The van der Waals surface area contributed by atoms with Crippen LogP contribution < -0.4 is 0 Å². The fourth-order valence-electron chi connectivity index (χ4n) is 3.47. The van der Waals surface area contributed by atoms with Crippen LogP contribution in [0.2, 0.25) is 0 Å². The molecule has 0 saturated carbocycles. The highest BCUT2D eigenvalue weighted by Gasteiger charge is 2.45. The number of nitriles is 1. The second-order valence-corrected chi connectivity index (χ2v) is 5.71. The zero-order valence-electron chi connectivity index (χ0n) is 12.2. The third-order valence-corrected chi connectivity index (χ3v) is 4.67. The lowest BCUT2D eigenvalue weighted by Crippen LogP contribution is -2.32. The lowest BCUT2D eigenvalue weighted by atomic mass is 9.82. The van der Waals surface area contributed by atoms with Gasteiger partial charge in [-0.25, -0.2) is 0 Å². The molecule has 1 aromatic rings. The number of likely N-dealkylation sites (N-methyl/N-ethyl adjacent to an activating group) is 1. The highest BCUT2D eigenvalue weighted by atomic mass is 15.2. The molecule has 4 atom stereocenters. The highest BCUT2D eigenvalue weighted by molar-refractivity contribution is 5.27. The van der Waals surface area contributed by atoms with Crippen molar-refractivity contribution in [1.82, 2.24) is 4.90 Å². The summed E-state index contributed by atoms with van der Waals surface area (Å²) in [6.07, 6.45) is 3.55. The molecule has 0 radical (unpaired) electrons. The van der Waals surface area contributed by atoms with Crippen molar-refractivity contribution < 1.29 is 0 Å². The van der Waals surface area contributed by atoms with E-state index in [1.807, 2.05) is 6.07 Å². The minimum atomic E-state index is 0.119. The first-order valence-corrected chi connectivity index (χ1v) is 7.37. The minimum Gasteiger partial charge on any atom is -0.299 e. The van der Waals surface area contributed by atoms with Crippen LogP contribution in [0.25, 0.3) is 0 Å². The first-order valence-electron chi connectivity index (χ1n) is 7.37. The smallest absolute Gasteiger partial charge is 0.0702 e. The van der Waals surface area contributed by atoms with Crippen LogP contribution in [-0.4, -0.2) is 24.0 Å². The lowest BCUT2D eigenvalue weighted by Gasteiger charge is -2.24. The van der Waals surface area contributed by atoms with Crippen LogP contribution in [0.5, 0.6) is 0 Å². The standard InChI is InChI=1S/C17H24N2/c1-4-5-11-16-15(12-18)17(13(2)19(16)3)14-9-7-6-8-10-14/h6-10,13,15-17H,4-5,11H2,1-3H3/t13-,15-,16-,17+/m0/s1. The summed E-state index contributed by atoms with van der Waals surface area (Å²) >= 11 is 0. The maximum Gasteiger partial charge on any atom is 0.0702 e. The Kier molecular flexibility index (Phi) is 4.61. The van der Waals surface area contributed by atoms with E-state index in [1.165, 1.54) is 18.4 Å². The molecule has 0 aliphatic carbocycles. The molecule has 2 nitrogen and oxygen atoms in total. The Morgan fingerprint density at radius 2 is 1.95 bits per heavy atom. The van der Waals surface area contributed by atoms with Crippen molar-refractivity contribution in [2.24, 2.45) is 5.92 Å². The van der Waals surface area contributed by atoms with Gasteiger partial charge in [-0.1, -0.05) is 50.1 Å². The van der Waals surface area contributed by atoms with Gasteiger partial charge in [-0.3, -0.25) is 4.90 Å². The van der Waals surface area contributed by atoms with Gasteiger partial charge in [-0.2, -0.15) is 5.26 Å². The average molecular weight is 256 g/mol. The second-order valence-electron chi connectivity index (χ2n) is 5.71. The van der Waals surface area contributed by atoms with E-state index in [2.05, 4.69) is 56.1 Å². The number of nitrogens with zero attached hydrogens (tertiary/aromatic N) is 2. The Morgan fingerprint density at radius 1 is 1.26 bits per heavy atom. The van der Waals surface area contributed by atoms with E-state index in [9.17, 15) is 5.26 Å². The lowest BCUT2D eigenvalue weighted by molar-refractivity contribution is 0.228. The van der Waals surface area contributed by atoms with Gasteiger partial charge < -0.3 is 0 Å². The van der Waals surface area contributed by atoms with Gasteiger partial charge in [-0.15, -0.1) is 0 Å². The molecular formula is C17H24N2. The quantitative estimate of drug-likeness (QED) is 0.819. The van der Waals surface area contributed by atoms with E-state index >= 15 is 0 Å². The molecule has 1 aliphatic rings. The highest BCUT2D eigenvalue weighted by Crippen LogP contribution is 2.42. The van der Waals surface area contributed by atoms with Gasteiger partial charge in [0.2, 0.25) is 0 Å². The van der Waals surface area contributed by atoms with Gasteiger partial charge in [0.1, 0.15) is 0 Å². The summed E-state index contributed by atoms with van der Waals surface area (Å²) in [6.45, 7) is 4.47. The molecule has 0 bridgehead atoms. The number of hydrogen-bond donors (Lipinski definition) is 0. The maximum absolute atomic E-state index is 9.63. The van der Waals surface area contributed by atoms with Gasteiger partial charge in [0, 0.05) is 18.0 Å². The van der Waals surface area contributed by atoms with Crippen molar-refractivity contribution in [3.8, 4) is 6.07 Å². The fourth-order valence-corrected chi connectivity index (χ4v) is 3.47. The van der Waals surface area contributed by atoms with Crippen molar-refractivity contribution >= 4 is 0 Å². The monoisotopic (exact) mass is 256 g/mol. The molecule has 1 aromatic carbocycles. The minimum absolute atomic E-state index is 0.119. The van der Waals surface area contributed by atoms with E-state index in [1.54, 1.807) is 0 Å². The van der Waals surface area contributed by atoms with Crippen LogP contribution in [-0.2, 0) is 0 Å². The van der Waals surface area contributed by atoms with Crippen LogP contribution in [0.1, 0.15) is 44.6 Å². The predicted molar refractivity (Wildman–Crippen MR) is 78.8 cm³/mol. The number of unbranched alkanes of at least 4 members (excludes halogenated alkanes) is 1. The van der Waals surface area contributed by atoms with Crippen LogP contribution in [0.3, 0.4) is 0 Å². The number of likely N-dealkylation sites (tertiary alicyclic amines) is 1. The molecule has 2 heteroatoms. The van der Waals surface area contributed by atoms with E-state index in [0.29, 0.717) is 18.0 Å². The van der Waals surface area contributed by atoms with Gasteiger partial charge in [0.15, 0.2) is 0 Å². The molecule has 1 saturated heterocycles. The molecule has 0 spiro atoms. The molecule has 19 heavy (non-hydrogen) atoms. The normalized spacial score (nSPS) is 31.3. The van der Waals surface area contributed by atoms with Crippen molar-refractivity contribution in [3.63, 3.8) is 0 Å². The summed E-state index contributed by atoms with van der Waals surface area (Å²) in [7, 11) is 2.18.